The zero-order valence-electron chi connectivity index (χ0n) is 60.9. The Balaban J connectivity index is 3.37. The van der Waals surface area contributed by atoms with Crippen LogP contribution in [-0.2, 0) is 19.1 Å². The van der Waals surface area contributed by atoms with Gasteiger partial charge in [-0.05, 0) is 83.5 Å². The van der Waals surface area contributed by atoms with E-state index in [0.717, 1.165) is 51.4 Å². The molecule has 0 amide bonds. The molecule has 0 spiro atoms. The summed E-state index contributed by atoms with van der Waals surface area (Å²) in [5.74, 6) is -0.564. The van der Waals surface area contributed by atoms with Crippen molar-refractivity contribution in [2.75, 3.05) is 13.2 Å². The highest BCUT2D eigenvalue weighted by Gasteiger charge is 2.16. The number of hydrogen-bond acceptors (Lipinski definition) is 5. The minimum atomic E-state index is -0.771. The van der Waals surface area contributed by atoms with E-state index in [-0.39, 0.29) is 25.2 Å². The Hall–Kier alpha value is -2.40. The number of aliphatic hydroxyl groups excluding tert-OH is 1. The van der Waals surface area contributed by atoms with Gasteiger partial charge in [-0.1, -0.05) is 415 Å². The molecule has 0 radical (unpaired) electrons. The first kappa shape index (κ1) is 87.6. The fraction of sp³-hybridized carbons (Fsp3) is 0.859. The Morgan fingerprint density at radius 2 is 0.444 bits per heavy atom. The number of carbonyl (C=O) groups excluding carboxylic acids is 2. The normalized spacial score (nSPS) is 12.4. The van der Waals surface area contributed by atoms with Crippen LogP contribution in [0.15, 0.2) is 60.8 Å². The van der Waals surface area contributed by atoms with Crippen LogP contribution >= 0.6 is 0 Å². The molecule has 528 valence electrons. The Labute approximate surface area is 563 Å². The summed E-state index contributed by atoms with van der Waals surface area (Å²) in [6.45, 7) is 4.18. The van der Waals surface area contributed by atoms with Crippen LogP contribution in [0.5, 0.6) is 0 Å². The van der Waals surface area contributed by atoms with E-state index < -0.39 is 6.10 Å². The third-order valence-corrected chi connectivity index (χ3v) is 18.8. The molecule has 0 rings (SSSR count). The second-order valence-electron chi connectivity index (χ2n) is 27.8. The van der Waals surface area contributed by atoms with Gasteiger partial charge in [0.1, 0.15) is 6.61 Å². The third kappa shape index (κ3) is 78.0. The van der Waals surface area contributed by atoms with Gasteiger partial charge in [0.05, 0.1) is 6.61 Å². The minimum absolute atomic E-state index is 0.0596. The van der Waals surface area contributed by atoms with Crippen molar-refractivity contribution in [2.24, 2.45) is 0 Å². The Morgan fingerprint density at radius 3 is 0.667 bits per heavy atom. The number of hydrogen-bond donors (Lipinski definition) is 1. The van der Waals surface area contributed by atoms with Crippen molar-refractivity contribution in [3.8, 4) is 0 Å². The molecule has 0 bridgehead atoms. The van der Waals surface area contributed by atoms with Crippen molar-refractivity contribution in [2.45, 2.75) is 457 Å². The summed E-state index contributed by atoms with van der Waals surface area (Å²) >= 11 is 0. The summed E-state index contributed by atoms with van der Waals surface area (Å²) < 4.78 is 10.8. The van der Waals surface area contributed by atoms with Gasteiger partial charge in [-0.15, -0.1) is 0 Å². The van der Waals surface area contributed by atoms with Crippen molar-refractivity contribution in [1.29, 1.82) is 0 Å². The van der Waals surface area contributed by atoms with E-state index in [1.54, 1.807) is 0 Å². The van der Waals surface area contributed by atoms with Gasteiger partial charge >= 0.3 is 11.9 Å². The van der Waals surface area contributed by atoms with E-state index in [1.807, 2.05) is 0 Å². The molecule has 0 heterocycles. The summed E-state index contributed by atoms with van der Waals surface area (Å²) in [4.78, 5) is 24.7. The lowest BCUT2D eigenvalue weighted by molar-refractivity contribution is -0.161. The predicted molar refractivity (Wildman–Crippen MR) is 399 cm³/mol. The van der Waals surface area contributed by atoms with Crippen LogP contribution in [0.4, 0.5) is 0 Å². The van der Waals surface area contributed by atoms with E-state index in [2.05, 4.69) is 74.6 Å². The zero-order valence-corrected chi connectivity index (χ0v) is 60.9. The highest BCUT2D eigenvalue weighted by molar-refractivity contribution is 5.70. The first-order valence-electron chi connectivity index (χ1n) is 40.8. The van der Waals surface area contributed by atoms with Gasteiger partial charge in [0.2, 0.25) is 0 Å². The molecule has 0 aliphatic rings. The maximum Gasteiger partial charge on any atom is 0.306 e. The second-order valence-corrected chi connectivity index (χ2v) is 27.8. The van der Waals surface area contributed by atoms with Crippen LogP contribution in [0.25, 0.3) is 0 Å². The molecule has 0 fully saturated rings. The van der Waals surface area contributed by atoms with E-state index in [4.69, 9.17) is 9.47 Å². The number of rotatable bonds is 77. The molecule has 0 aliphatic carbocycles. The topological polar surface area (TPSA) is 72.8 Å². The second kappa shape index (κ2) is 80.8. The quantitative estimate of drug-likeness (QED) is 0.0373. The molecule has 90 heavy (non-hydrogen) atoms. The van der Waals surface area contributed by atoms with Gasteiger partial charge in [0.25, 0.3) is 0 Å². The minimum Gasteiger partial charge on any atom is -0.462 e. The summed E-state index contributed by atoms with van der Waals surface area (Å²) in [5, 5.41) is 9.73. The highest BCUT2D eigenvalue weighted by atomic mass is 16.6. The summed E-state index contributed by atoms with van der Waals surface area (Å²) in [6, 6.07) is 0. The number of unbranched alkanes of at least 4 members (excludes halogenated alkanes) is 59. The molecule has 1 N–H and O–H groups in total. The lowest BCUT2D eigenvalue weighted by atomic mass is 10.0. The largest absolute Gasteiger partial charge is 0.462 e. The van der Waals surface area contributed by atoms with E-state index >= 15 is 0 Å². The lowest BCUT2D eigenvalue weighted by Gasteiger charge is -2.15. The van der Waals surface area contributed by atoms with Gasteiger partial charge in [0.15, 0.2) is 6.10 Å². The van der Waals surface area contributed by atoms with Crippen molar-refractivity contribution < 1.29 is 24.2 Å². The summed E-state index contributed by atoms with van der Waals surface area (Å²) in [5.41, 5.74) is 0. The standard InChI is InChI=1S/C85H158O5/c1-3-5-7-9-11-13-15-17-19-21-23-25-27-29-31-33-35-37-39-41-42-44-45-47-49-51-53-55-57-59-61-63-65-67-69-71-73-75-77-79-84(87)89-82-83(81-86)90-85(88)80-78-76-74-72-70-68-66-64-62-60-58-56-54-52-50-48-46-43-40-38-36-34-32-30-28-26-24-22-20-18-16-14-12-10-8-6-4-2/h15-18,21-24,28,30,83,86H,3-14,19-20,25-27,29,31-82H2,1-2H3/b17-15-,18-16-,23-21-,24-22-,30-28-. The number of aliphatic hydroxyl groups is 1. The van der Waals surface area contributed by atoms with Crippen LogP contribution in [-0.4, -0.2) is 36.4 Å². The molecule has 0 aromatic heterocycles. The van der Waals surface area contributed by atoms with Crippen LogP contribution in [0.1, 0.15) is 450 Å². The Kier molecular flexibility index (Phi) is 78.7. The molecule has 0 saturated carbocycles. The van der Waals surface area contributed by atoms with Gasteiger partial charge in [-0.3, -0.25) is 9.59 Å². The Morgan fingerprint density at radius 1 is 0.256 bits per heavy atom. The van der Waals surface area contributed by atoms with E-state index in [9.17, 15) is 14.7 Å². The number of esters is 2. The highest BCUT2D eigenvalue weighted by Crippen LogP contribution is 2.20. The molecule has 5 heteroatoms. The van der Waals surface area contributed by atoms with Gasteiger partial charge in [0, 0.05) is 12.8 Å². The Bertz CT molecular complexity index is 1520. The molecule has 0 aromatic rings. The molecule has 0 aromatic carbocycles. The van der Waals surface area contributed by atoms with Crippen molar-refractivity contribution in [3.05, 3.63) is 60.8 Å². The molecule has 1 atom stereocenters. The number of carbonyl (C=O) groups is 2. The maximum absolute atomic E-state index is 12.4. The van der Waals surface area contributed by atoms with Crippen LogP contribution in [0, 0.1) is 0 Å². The SMILES string of the molecule is CCCCCCC/C=C\C/C=C\C/C=C\CCCCCCCCCCCCCCCCCCCCCCCCC(=O)OC(CO)COC(=O)CCCCCCCCCCCCCCCCCCCCCCCCCCCCC/C=C\C/C=C\CCCCCCC. The first-order chi connectivity index (χ1) is 44.6. The van der Waals surface area contributed by atoms with Crippen LogP contribution in [0.2, 0.25) is 0 Å². The van der Waals surface area contributed by atoms with Crippen molar-refractivity contribution in [1.82, 2.24) is 0 Å². The van der Waals surface area contributed by atoms with Crippen molar-refractivity contribution in [3.63, 3.8) is 0 Å². The molecular weight excluding hydrogens is 1100 g/mol. The van der Waals surface area contributed by atoms with Gasteiger partial charge < -0.3 is 14.6 Å². The summed E-state index contributed by atoms with van der Waals surface area (Å²) in [7, 11) is 0. The fourth-order valence-electron chi connectivity index (χ4n) is 12.7. The van der Waals surface area contributed by atoms with Crippen LogP contribution in [0.3, 0.4) is 0 Å². The van der Waals surface area contributed by atoms with E-state index in [0.29, 0.717) is 12.8 Å². The average Bonchev–Trinajstić information content (AvgIpc) is 3.62. The summed E-state index contributed by atoms with van der Waals surface area (Å²) in [6.07, 6.45) is 112. The molecular formula is C85H158O5. The lowest BCUT2D eigenvalue weighted by Crippen LogP contribution is -2.28. The number of allylic oxidation sites excluding steroid dienone is 10. The monoisotopic (exact) mass is 1260 g/mol. The average molecular weight is 1260 g/mol. The predicted octanol–water partition coefficient (Wildman–Crippen LogP) is 28.8. The fourth-order valence-corrected chi connectivity index (χ4v) is 12.7. The zero-order chi connectivity index (χ0) is 64.7. The molecule has 5 nitrogen and oxygen atoms in total. The van der Waals surface area contributed by atoms with E-state index in [1.165, 1.54) is 372 Å². The molecule has 0 saturated heterocycles. The third-order valence-electron chi connectivity index (χ3n) is 18.8. The maximum atomic E-state index is 12.4. The molecule has 1 unspecified atom stereocenters. The smallest absolute Gasteiger partial charge is 0.306 e. The van der Waals surface area contributed by atoms with Gasteiger partial charge in [-0.25, -0.2) is 0 Å². The van der Waals surface area contributed by atoms with Crippen LogP contribution < -0.4 is 0 Å². The molecule has 0 aliphatic heterocycles. The first-order valence-corrected chi connectivity index (χ1v) is 40.8. The van der Waals surface area contributed by atoms with Gasteiger partial charge in [-0.2, -0.15) is 0 Å². The number of ether oxygens (including phenoxy) is 2. The van der Waals surface area contributed by atoms with Crippen molar-refractivity contribution >= 4 is 11.9 Å².